The van der Waals surface area contributed by atoms with E-state index >= 15 is 0 Å². The Hall–Kier alpha value is -0.580. The zero-order valence-electron chi connectivity index (χ0n) is 8.86. The Bertz CT molecular complexity index is 230. The number of hydrogen-bond acceptors (Lipinski definition) is 4. The average molecular weight is 279 g/mol. The van der Waals surface area contributed by atoms with Crippen molar-refractivity contribution in [3.05, 3.63) is 0 Å². The van der Waals surface area contributed by atoms with Gasteiger partial charge in [-0.3, -0.25) is 9.59 Å². The molecule has 1 aliphatic carbocycles. The Morgan fingerprint density at radius 2 is 1.47 bits per heavy atom. The summed E-state index contributed by atoms with van der Waals surface area (Å²) in [5.74, 6) is -1.19. The van der Waals surface area contributed by atoms with Gasteiger partial charge in [0, 0.05) is 5.33 Å². The van der Waals surface area contributed by atoms with Crippen LogP contribution < -0.4 is 0 Å². The molecule has 5 heteroatoms. The fourth-order valence-corrected chi connectivity index (χ4v) is 2.49. The highest BCUT2D eigenvalue weighted by atomic mass is 79.9. The first-order valence-corrected chi connectivity index (χ1v) is 6.18. The normalized spacial score (nSPS) is 28.3. The molecule has 1 rings (SSSR count). The summed E-state index contributed by atoms with van der Waals surface area (Å²) < 4.78 is 9.78. The number of carbonyl (C=O) groups excluding carboxylic acids is 2. The van der Waals surface area contributed by atoms with Gasteiger partial charge < -0.3 is 9.47 Å². The number of esters is 2. The Balaban J connectivity index is 2.53. The molecule has 0 bridgehead atoms. The number of alkyl halides is 1. The van der Waals surface area contributed by atoms with Crippen molar-refractivity contribution < 1.29 is 19.1 Å². The van der Waals surface area contributed by atoms with Crippen LogP contribution in [0.15, 0.2) is 0 Å². The maximum atomic E-state index is 11.4. The van der Waals surface area contributed by atoms with Gasteiger partial charge in [0.15, 0.2) is 0 Å². The fraction of sp³-hybridized carbons (Fsp3) is 0.800. The van der Waals surface area contributed by atoms with E-state index < -0.39 is 0 Å². The molecule has 0 saturated heterocycles. The second-order valence-corrected chi connectivity index (χ2v) is 4.02. The van der Waals surface area contributed by atoms with Gasteiger partial charge in [-0.25, -0.2) is 0 Å². The SMILES string of the molecule is CCOC(=O)[C@H]1C(CBr)[C@@H]1C(=O)OCC. The zero-order valence-corrected chi connectivity index (χ0v) is 10.5. The number of halogens is 1. The van der Waals surface area contributed by atoms with Crippen molar-refractivity contribution in [2.24, 2.45) is 17.8 Å². The summed E-state index contributed by atoms with van der Waals surface area (Å²) >= 11 is 3.28. The monoisotopic (exact) mass is 278 g/mol. The van der Waals surface area contributed by atoms with Crippen molar-refractivity contribution >= 4 is 27.9 Å². The van der Waals surface area contributed by atoms with E-state index in [1.807, 2.05) is 0 Å². The summed E-state index contributed by atoms with van der Waals surface area (Å²) in [6.45, 7) is 4.20. The van der Waals surface area contributed by atoms with Crippen molar-refractivity contribution in [1.82, 2.24) is 0 Å². The molecule has 0 aromatic heterocycles. The van der Waals surface area contributed by atoms with Gasteiger partial charge in [0.25, 0.3) is 0 Å². The van der Waals surface area contributed by atoms with Gasteiger partial charge in [-0.2, -0.15) is 0 Å². The molecule has 2 atom stereocenters. The maximum absolute atomic E-state index is 11.4. The van der Waals surface area contributed by atoms with Crippen LogP contribution in [0.1, 0.15) is 13.8 Å². The van der Waals surface area contributed by atoms with E-state index in [0.717, 1.165) is 0 Å². The number of hydrogen-bond donors (Lipinski definition) is 0. The van der Waals surface area contributed by atoms with Crippen molar-refractivity contribution in [2.45, 2.75) is 13.8 Å². The van der Waals surface area contributed by atoms with Gasteiger partial charge in [0.2, 0.25) is 0 Å². The van der Waals surface area contributed by atoms with Gasteiger partial charge in [-0.15, -0.1) is 0 Å². The zero-order chi connectivity index (χ0) is 11.4. The molecule has 1 fully saturated rings. The van der Waals surface area contributed by atoms with Crippen molar-refractivity contribution in [3.63, 3.8) is 0 Å². The second kappa shape index (κ2) is 5.49. The summed E-state index contributed by atoms with van der Waals surface area (Å²) in [4.78, 5) is 22.9. The predicted octanol–water partition coefficient (Wildman–Crippen LogP) is 1.37. The molecule has 0 unspecified atom stereocenters. The van der Waals surface area contributed by atoms with E-state index in [1.165, 1.54) is 0 Å². The van der Waals surface area contributed by atoms with Gasteiger partial charge in [0.1, 0.15) is 0 Å². The Morgan fingerprint density at radius 3 is 1.73 bits per heavy atom. The molecule has 0 spiro atoms. The molecule has 0 radical (unpaired) electrons. The van der Waals surface area contributed by atoms with Gasteiger partial charge in [0.05, 0.1) is 25.0 Å². The molecule has 0 aromatic rings. The van der Waals surface area contributed by atoms with E-state index in [1.54, 1.807) is 13.8 Å². The molecule has 1 saturated carbocycles. The number of carbonyl (C=O) groups is 2. The number of ether oxygens (including phenoxy) is 2. The highest BCUT2D eigenvalue weighted by Gasteiger charge is 2.60. The second-order valence-electron chi connectivity index (χ2n) is 3.37. The summed E-state index contributed by atoms with van der Waals surface area (Å²) in [5, 5.41) is 0.625. The van der Waals surface area contributed by atoms with Crippen molar-refractivity contribution in [2.75, 3.05) is 18.5 Å². The summed E-state index contributed by atoms with van der Waals surface area (Å²) in [5.41, 5.74) is 0. The van der Waals surface area contributed by atoms with Crippen LogP contribution in [0.2, 0.25) is 0 Å². The van der Waals surface area contributed by atoms with Gasteiger partial charge in [-0.05, 0) is 19.8 Å². The Kier molecular flexibility index (Phi) is 4.57. The molecule has 0 aromatic carbocycles. The van der Waals surface area contributed by atoms with E-state index in [2.05, 4.69) is 15.9 Å². The molecular weight excluding hydrogens is 264 g/mol. The minimum Gasteiger partial charge on any atom is -0.466 e. The Labute approximate surface area is 97.4 Å². The Morgan fingerprint density at radius 1 is 1.07 bits per heavy atom. The average Bonchev–Trinajstić information content (AvgIpc) is 2.92. The highest BCUT2D eigenvalue weighted by Crippen LogP contribution is 2.48. The quantitative estimate of drug-likeness (QED) is 0.563. The van der Waals surface area contributed by atoms with E-state index in [9.17, 15) is 9.59 Å². The van der Waals surface area contributed by atoms with Crippen LogP contribution >= 0.6 is 15.9 Å². The van der Waals surface area contributed by atoms with Crippen LogP contribution in [0, 0.1) is 17.8 Å². The molecule has 1 aliphatic rings. The molecular formula is C10H15BrO4. The van der Waals surface area contributed by atoms with Crippen LogP contribution in [0.25, 0.3) is 0 Å². The smallest absolute Gasteiger partial charge is 0.310 e. The molecule has 4 nitrogen and oxygen atoms in total. The van der Waals surface area contributed by atoms with E-state index in [-0.39, 0.29) is 29.7 Å². The first-order chi connectivity index (χ1) is 7.17. The van der Waals surface area contributed by atoms with Gasteiger partial charge >= 0.3 is 11.9 Å². The van der Waals surface area contributed by atoms with Gasteiger partial charge in [-0.1, -0.05) is 15.9 Å². The molecule has 0 amide bonds. The molecule has 86 valence electrons. The lowest BCUT2D eigenvalue weighted by Crippen LogP contribution is -2.13. The molecule has 0 N–H and O–H groups in total. The summed E-state index contributed by atoms with van der Waals surface area (Å²) in [7, 11) is 0. The first kappa shape index (κ1) is 12.5. The van der Waals surface area contributed by atoms with Crippen molar-refractivity contribution in [1.29, 1.82) is 0 Å². The lowest BCUT2D eigenvalue weighted by Gasteiger charge is -2.00. The lowest BCUT2D eigenvalue weighted by atomic mass is 10.3. The van der Waals surface area contributed by atoms with E-state index in [4.69, 9.17) is 9.47 Å². The summed E-state index contributed by atoms with van der Waals surface area (Å²) in [6, 6.07) is 0. The largest absolute Gasteiger partial charge is 0.466 e. The third-order valence-electron chi connectivity index (χ3n) is 2.46. The highest BCUT2D eigenvalue weighted by molar-refractivity contribution is 9.09. The lowest BCUT2D eigenvalue weighted by molar-refractivity contribution is -0.150. The standard InChI is InChI=1S/C10H15BrO4/c1-3-14-9(12)7-6(5-11)8(7)10(13)15-4-2/h6-8H,3-5H2,1-2H3/t7-,8-/m0/s1. The maximum Gasteiger partial charge on any atom is 0.310 e. The fourth-order valence-electron chi connectivity index (χ4n) is 1.69. The van der Waals surface area contributed by atoms with E-state index in [0.29, 0.717) is 18.5 Å². The predicted molar refractivity (Wildman–Crippen MR) is 57.5 cm³/mol. The summed E-state index contributed by atoms with van der Waals surface area (Å²) in [6.07, 6.45) is 0. The van der Waals surface area contributed by atoms with Crippen LogP contribution in [0.4, 0.5) is 0 Å². The molecule has 0 heterocycles. The van der Waals surface area contributed by atoms with Crippen LogP contribution in [0.5, 0.6) is 0 Å². The topological polar surface area (TPSA) is 52.6 Å². The molecule has 0 aliphatic heterocycles. The number of rotatable bonds is 5. The van der Waals surface area contributed by atoms with Crippen molar-refractivity contribution in [3.8, 4) is 0 Å². The minimum atomic E-state index is -0.316. The molecule has 15 heavy (non-hydrogen) atoms. The van der Waals surface area contributed by atoms with Crippen LogP contribution in [-0.4, -0.2) is 30.5 Å². The first-order valence-electron chi connectivity index (χ1n) is 5.06. The van der Waals surface area contributed by atoms with Crippen LogP contribution in [0.3, 0.4) is 0 Å². The third-order valence-corrected chi connectivity index (χ3v) is 3.21. The minimum absolute atomic E-state index is 0.0306. The van der Waals surface area contributed by atoms with Crippen LogP contribution in [-0.2, 0) is 19.1 Å². The third kappa shape index (κ3) is 2.71.